The predicted molar refractivity (Wildman–Crippen MR) is 111 cm³/mol. The lowest BCUT2D eigenvalue weighted by Crippen LogP contribution is -2.39. The number of aliphatic hydroxyl groups is 1. The Morgan fingerprint density at radius 2 is 2.03 bits per heavy atom. The molecule has 1 saturated carbocycles. The summed E-state index contributed by atoms with van der Waals surface area (Å²) in [7, 11) is 0. The molecule has 6 nitrogen and oxygen atoms in total. The van der Waals surface area contributed by atoms with E-state index in [0.29, 0.717) is 17.1 Å². The second-order valence-corrected chi connectivity index (χ2v) is 7.93. The molecule has 1 aliphatic carbocycles. The number of imidazole rings is 1. The van der Waals surface area contributed by atoms with E-state index in [1.807, 2.05) is 47.0 Å². The number of fused-ring (bicyclic) bond motifs is 1. The van der Waals surface area contributed by atoms with Crippen LogP contribution in [0.5, 0.6) is 0 Å². The number of amides is 1. The van der Waals surface area contributed by atoms with Gasteiger partial charge in [0.05, 0.1) is 34.2 Å². The Kier molecular flexibility index (Phi) is 4.85. The van der Waals surface area contributed by atoms with Crippen LogP contribution in [-0.4, -0.2) is 20.6 Å². The summed E-state index contributed by atoms with van der Waals surface area (Å²) in [5.41, 5.74) is 1.54. The van der Waals surface area contributed by atoms with Crippen LogP contribution < -0.4 is 5.32 Å². The maximum atomic E-state index is 13.0. The number of benzene rings is 2. The number of nitrogens with zero attached hydrogens (tertiary/aromatic N) is 3. The molecule has 1 fully saturated rings. The SMILES string of the molecule is C[C@H](C(=O)Nc1nc2ccc(C#N)cc2n1C1CCC1)[C@@](C)(O)c1ccccc1. The van der Waals surface area contributed by atoms with E-state index in [9.17, 15) is 15.2 Å². The van der Waals surface area contributed by atoms with E-state index in [1.54, 1.807) is 19.9 Å². The lowest BCUT2D eigenvalue weighted by Gasteiger charge is -2.31. The van der Waals surface area contributed by atoms with Crippen molar-refractivity contribution in [2.75, 3.05) is 5.32 Å². The minimum Gasteiger partial charge on any atom is -0.385 e. The zero-order valence-electron chi connectivity index (χ0n) is 16.6. The number of hydrogen-bond acceptors (Lipinski definition) is 4. The smallest absolute Gasteiger partial charge is 0.232 e. The van der Waals surface area contributed by atoms with Gasteiger partial charge in [-0.3, -0.25) is 10.1 Å². The van der Waals surface area contributed by atoms with Gasteiger partial charge in [0, 0.05) is 6.04 Å². The topological polar surface area (TPSA) is 90.9 Å². The first-order valence-corrected chi connectivity index (χ1v) is 9.92. The minimum atomic E-state index is -1.31. The highest BCUT2D eigenvalue weighted by Crippen LogP contribution is 2.38. The fourth-order valence-electron chi connectivity index (χ4n) is 3.76. The van der Waals surface area contributed by atoms with E-state index in [2.05, 4.69) is 16.4 Å². The number of anilines is 1. The van der Waals surface area contributed by atoms with Crippen molar-refractivity contribution in [2.45, 2.75) is 44.8 Å². The van der Waals surface area contributed by atoms with E-state index >= 15 is 0 Å². The molecule has 0 saturated heterocycles. The molecule has 2 atom stereocenters. The summed E-state index contributed by atoms with van der Waals surface area (Å²) in [4.78, 5) is 17.6. The monoisotopic (exact) mass is 388 g/mol. The molecule has 0 unspecified atom stereocenters. The number of nitriles is 1. The summed E-state index contributed by atoms with van der Waals surface area (Å²) in [6.45, 7) is 3.37. The maximum Gasteiger partial charge on any atom is 0.232 e. The standard InChI is InChI=1S/C23H24N4O2/c1-15(23(2,29)17-7-4-3-5-8-17)21(28)26-22-25-19-12-11-16(14-24)13-20(19)27(22)18-9-6-10-18/h3-5,7-8,11-13,15,18,29H,6,9-10H2,1-2H3,(H,25,26,28)/t15-,23-/m1/s1. The molecule has 29 heavy (non-hydrogen) atoms. The van der Waals surface area contributed by atoms with Gasteiger partial charge in [0.15, 0.2) is 0 Å². The quantitative estimate of drug-likeness (QED) is 0.688. The third-order valence-electron chi connectivity index (χ3n) is 6.09. The molecule has 1 aromatic heterocycles. The van der Waals surface area contributed by atoms with E-state index in [-0.39, 0.29) is 11.9 Å². The summed E-state index contributed by atoms with van der Waals surface area (Å²) < 4.78 is 2.03. The highest BCUT2D eigenvalue weighted by Gasteiger charge is 2.36. The van der Waals surface area contributed by atoms with Crippen LogP contribution in [-0.2, 0) is 10.4 Å². The number of aromatic nitrogens is 2. The summed E-state index contributed by atoms with van der Waals surface area (Å²) in [6, 6.07) is 17.0. The third-order valence-corrected chi connectivity index (χ3v) is 6.09. The summed E-state index contributed by atoms with van der Waals surface area (Å²) in [5, 5.41) is 23.2. The zero-order chi connectivity index (χ0) is 20.6. The van der Waals surface area contributed by atoms with E-state index in [1.165, 1.54) is 0 Å². The molecule has 4 rings (SSSR count). The fraction of sp³-hybridized carbons (Fsp3) is 0.348. The molecular formula is C23H24N4O2. The van der Waals surface area contributed by atoms with Crippen molar-refractivity contribution in [2.24, 2.45) is 5.92 Å². The van der Waals surface area contributed by atoms with Crippen LogP contribution in [0.2, 0.25) is 0 Å². The van der Waals surface area contributed by atoms with Gasteiger partial charge in [0.2, 0.25) is 11.9 Å². The molecule has 1 amide bonds. The molecule has 0 aliphatic heterocycles. The van der Waals surface area contributed by atoms with Gasteiger partial charge in [-0.1, -0.05) is 37.3 Å². The molecule has 3 aromatic rings. The highest BCUT2D eigenvalue weighted by molar-refractivity contribution is 5.94. The molecule has 0 radical (unpaired) electrons. The third kappa shape index (κ3) is 3.39. The van der Waals surface area contributed by atoms with Crippen molar-refractivity contribution in [1.82, 2.24) is 9.55 Å². The van der Waals surface area contributed by atoms with Crippen LogP contribution in [0.1, 0.15) is 50.3 Å². The lowest BCUT2D eigenvalue weighted by molar-refractivity contribution is -0.127. The molecule has 6 heteroatoms. The Morgan fingerprint density at radius 3 is 2.66 bits per heavy atom. The second-order valence-electron chi connectivity index (χ2n) is 7.93. The van der Waals surface area contributed by atoms with Crippen molar-refractivity contribution in [3.63, 3.8) is 0 Å². The van der Waals surface area contributed by atoms with Crippen molar-refractivity contribution >= 4 is 22.9 Å². The molecule has 2 aromatic carbocycles. The number of nitrogens with one attached hydrogen (secondary N) is 1. The van der Waals surface area contributed by atoms with Gasteiger partial charge < -0.3 is 9.67 Å². The average Bonchev–Trinajstić information content (AvgIpc) is 3.03. The molecule has 148 valence electrons. The Balaban J connectivity index is 1.66. The van der Waals surface area contributed by atoms with Crippen LogP contribution in [0.4, 0.5) is 5.95 Å². The summed E-state index contributed by atoms with van der Waals surface area (Å²) >= 11 is 0. The van der Waals surface area contributed by atoms with Crippen LogP contribution >= 0.6 is 0 Å². The van der Waals surface area contributed by atoms with E-state index in [4.69, 9.17) is 0 Å². The van der Waals surface area contributed by atoms with Crippen LogP contribution in [0, 0.1) is 17.2 Å². The van der Waals surface area contributed by atoms with E-state index < -0.39 is 11.5 Å². The Bertz CT molecular complexity index is 1090. The van der Waals surface area contributed by atoms with Gasteiger partial charge in [-0.2, -0.15) is 5.26 Å². The molecule has 1 aliphatic rings. The maximum absolute atomic E-state index is 13.0. The molecular weight excluding hydrogens is 364 g/mol. The van der Waals surface area contributed by atoms with Crippen molar-refractivity contribution < 1.29 is 9.90 Å². The number of carbonyl (C=O) groups is 1. The van der Waals surface area contributed by atoms with Gasteiger partial charge >= 0.3 is 0 Å². The molecule has 0 bridgehead atoms. The Morgan fingerprint density at radius 1 is 1.31 bits per heavy atom. The summed E-state index contributed by atoms with van der Waals surface area (Å²) in [6.07, 6.45) is 3.17. The van der Waals surface area contributed by atoms with Crippen molar-refractivity contribution in [3.05, 3.63) is 59.7 Å². The fourth-order valence-corrected chi connectivity index (χ4v) is 3.76. The average molecular weight is 388 g/mol. The van der Waals surface area contributed by atoms with Crippen molar-refractivity contribution in [3.8, 4) is 6.07 Å². The Labute approximate surface area is 169 Å². The summed E-state index contributed by atoms with van der Waals surface area (Å²) in [5.74, 6) is -0.509. The molecule has 1 heterocycles. The molecule has 0 spiro atoms. The normalized spacial score (nSPS) is 17.2. The van der Waals surface area contributed by atoms with Crippen LogP contribution in [0.3, 0.4) is 0 Å². The molecule has 2 N–H and O–H groups in total. The first-order chi connectivity index (χ1) is 13.9. The number of rotatable bonds is 5. The largest absolute Gasteiger partial charge is 0.385 e. The van der Waals surface area contributed by atoms with Gasteiger partial charge in [0.1, 0.15) is 0 Å². The predicted octanol–water partition coefficient (Wildman–Crippen LogP) is 4.12. The highest BCUT2D eigenvalue weighted by atomic mass is 16.3. The lowest BCUT2D eigenvalue weighted by atomic mass is 9.83. The van der Waals surface area contributed by atoms with Crippen molar-refractivity contribution in [1.29, 1.82) is 5.26 Å². The van der Waals surface area contributed by atoms with Gasteiger partial charge in [-0.15, -0.1) is 0 Å². The van der Waals surface area contributed by atoms with Gasteiger partial charge in [-0.25, -0.2) is 4.98 Å². The zero-order valence-corrected chi connectivity index (χ0v) is 16.6. The van der Waals surface area contributed by atoms with Crippen LogP contribution in [0.15, 0.2) is 48.5 Å². The first-order valence-electron chi connectivity index (χ1n) is 9.92. The minimum absolute atomic E-state index is 0.259. The number of carbonyl (C=O) groups excluding carboxylic acids is 1. The van der Waals surface area contributed by atoms with Crippen LogP contribution in [0.25, 0.3) is 11.0 Å². The number of hydrogen-bond donors (Lipinski definition) is 2. The first kappa shape index (κ1) is 19.2. The second kappa shape index (κ2) is 7.34. The van der Waals surface area contributed by atoms with Gasteiger partial charge in [0.25, 0.3) is 0 Å². The Hall–Kier alpha value is -3.17. The van der Waals surface area contributed by atoms with E-state index in [0.717, 1.165) is 30.3 Å². The van der Waals surface area contributed by atoms with Gasteiger partial charge in [-0.05, 0) is 49.9 Å².